The van der Waals surface area contributed by atoms with Crippen molar-refractivity contribution in [1.29, 1.82) is 0 Å². The average Bonchev–Trinajstić information content (AvgIpc) is 3.10. The fourth-order valence-corrected chi connectivity index (χ4v) is 3.05. The molecule has 7 heteroatoms. The van der Waals surface area contributed by atoms with Crippen molar-refractivity contribution in [3.8, 4) is 0 Å². The highest BCUT2D eigenvalue weighted by molar-refractivity contribution is 7.99. The van der Waals surface area contributed by atoms with Gasteiger partial charge >= 0.3 is 5.97 Å². The van der Waals surface area contributed by atoms with E-state index >= 15 is 0 Å². The van der Waals surface area contributed by atoms with Crippen LogP contribution in [0, 0.1) is 5.41 Å². The highest BCUT2D eigenvalue weighted by Gasteiger charge is 2.44. The quantitative estimate of drug-likeness (QED) is 0.508. The summed E-state index contributed by atoms with van der Waals surface area (Å²) >= 11 is 7.50. The van der Waals surface area contributed by atoms with E-state index in [4.69, 9.17) is 22.1 Å². The highest BCUT2D eigenvalue weighted by atomic mass is 35.5. The first kappa shape index (κ1) is 13.4. The monoisotopic (exact) mass is 287 g/mol. The lowest BCUT2D eigenvalue weighted by molar-refractivity contribution is -0.141. The summed E-state index contributed by atoms with van der Waals surface area (Å²) < 4.78 is 4.70. The molecule has 0 aliphatic heterocycles. The number of nitrogen functional groups attached to an aromatic ring is 1. The standard InChI is InChI=1S/C11H14ClN3O2S/c1-17-8(16)4-11(2-3-11)6-18-9-7(12)5-14-10(13)15-9/h5H,2-4,6H2,1H3,(H2,13,14,15). The van der Waals surface area contributed by atoms with E-state index < -0.39 is 0 Å². The number of hydrogen-bond acceptors (Lipinski definition) is 6. The van der Waals surface area contributed by atoms with Gasteiger partial charge in [0.1, 0.15) is 5.03 Å². The summed E-state index contributed by atoms with van der Waals surface area (Å²) in [6.45, 7) is 0. The summed E-state index contributed by atoms with van der Waals surface area (Å²) in [6, 6.07) is 0. The van der Waals surface area contributed by atoms with Crippen LogP contribution in [0.4, 0.5) is 5.95 Å². The smallest absolute Gasteiger partial charge is 0.306 e. The van der Waals surface area contributed by atoms with Crippen LogP contribution in [-0.2, 0) is 9.53 Å². The summed E-state index contributed by atoms with van der Waals surface area (Å²) in [5.74, 6) is 0.833. The van der Waals surface area contributed by atoms with E-state index in [2.05, 4.69) is 9.97 Å². The van der Waals surface area contributed by atoms with Gasteiger partial charge < -0.3 is 10.5 Å². The Kier molecular flexibility index (Phi) is 3.97. The van der Waals surface area contributed by atoms with E-state index in [9.17, 15) is 4.79 Å². The Hall–Kier alpha value is -1.01. The SMILES string of the molecule is COC(=O)CC1(CSc2nc(N)ncc2Cl)CC1. The van der Waals surface area contributed by atoms with Crippen molar-refractivity contribution in [1.82, 2.24) is 9.97 Å². The molecule has 2 rings (SSSR count). The summed E-state index contributed by atoms with van der Waals surface area (Å²) in [5.41, 5.74) is 5.56. The number of esters is 1. The number of carbonyl (C=O) groups is 1. The van der Waals surface area contributed by atoms with Gasteiger partial charge in [0.05, 0.1) is 24.8 Å². The van der Waals surface area contributed by atoms with Crippen LogP contribution in [0.2, 0.25) is 5.02 Å². The number of halogens is 1. The van der Waals surface area contributed by atoms with E-state index in [1.165, 1.54) is 25.1 Å². The third kappa shape index (κ3) is 3.26. The van der Waals surface area contributed by atoms with Crippen molar-refractivity contribution in [2.45, 2.75) is 24.3 Å². The minimum absolute atomic E-state index is 0.0425. The average molecular weight is 288 g/mol. The van der Waals surface area contributed by atoms with Crippen molar-refractivity contribution in [3.05, 3.63) is 11.2 Å². The van der Waals surface area contributed by atoms with Crippen LogP contribution in [-0.4, -0.2) is 28.8 Å². The third-order valence-electron chi connectivity index (χ3n) is 2.95. The maximum absolute atomic E-state index is 11.3. The molecule has 1 fully saturated rings. The molecule has 2 N–H and O–H groups in total. The summed E-state index contributed by atoms with van der Waals surface area (Å²) in [6.07, 6.45) is 4.02. The predicted molar refractivity (Wildman–Crippen MR) is 70.5 cm³/mol. The van der Waals surface area contributed by atoms with E-state index in [-0.39, 0.29) is 17.3 Å². The molecule has 0 radical (unpaired) electrons. The molecule has 0 aromatic carbocycles. The molecule has 1 saturated carbocycles. The third-order valence-corrected chi connectivity index (χ3v) is 4.68. The van der Waals surface area contributed by atoms with E-state index in [1.54, 1.807) is 0 Å². The number of nitrogens with two attached hydrogens (primary N) is 1. The zero-order valence-corrected chi connectivity index (χ0v) is 11.6. The Morgan fingerprint density at radius 1 is 1.67 bits per heavy atom. The summed E-state index contributed by atoms with van der Waals surface area (Å²) in [5, 5.41) is 1.16. The fraction of sp³-hybridized carbons (Fsp3) is 0.545. The van der Waals surface area contributed by atoms with E-state index in [0.717, 1.165) is 18.6 Å². The van der Waals surface area contributed by atoms with Gasteiger partial charge in [0.25, 0.3) is 0 Å². The maximum atomic E-state index is 11.3. The maximum Gasteiger partial charge on any atom is 0.306 e. The molecule has 0 bridgehead atoms. The van der Waals surface area contributed by atoms with Crippen LogP contribution in [0.1, 0.15) is 19.3 Å². The van der Waals surface area contributed by atoms with Crippen LogP contribution in [0.3, 0.4) is 0 Å². The topological polar surface area (TPSA) is 78.1 Å². The fourth-order valence-electron chi connectivity index (χ4n) is 1.61. The first-order valence-corrected chi connectivity index (χ1v) is 6.89. The largest absolute Gasteiger partial charge is 0.469 e. The molecule has 1 aliphatic rings. The predicted octanol–water partition coefficient (Wildman–Crippen LogP) is 2.15. The number of anilines is 1. The van der Waals surface area contributed by atoms with Crippen LogP contribution in [0.25, 0.3) is 0 Å². The van der Waals surface area contributed by atoms with Crippen LogP contribution >= 0.6 is 23.4 Å². The van der Waals surface area contributed by atoms with Gasteiger partial charge in [-0.3, -0.25) is 4.79 Å². The van der Waals surface area contributed by atoms with Gasteiger partial charge in [-0.25, -0.2) is 9.97 Å². The second kappa shape index (κ2) is 5.32. The minimum Gasteiger partial charge on any atom is -0.469 e. The van der Waals surface area contributed by atoms with Gasteiger partial charge in [-0.2, -0.15) is 0 Å². The molecule has 18 heavy (non-hydrogen) atoms. The summed E-state index contributed by atoms with van der Waals surface area (Å²) in [7, 11) is 1.41. The van der Waals surface area contributed by atoms with Crippen molar-refractivity contribution >= 4 is 35.3 Å². The molecule has 1 aromatic rings. The highest BCUT2D eigenvalue weighted by Crippen LogP contribution is 2.52. The van der Waals surface area contributed by atoms with Gasteiger partial charge in [0, 0.05) is 5.75 Å². The zero-order valence-electron chi connectivity index (χ0n) is 9.98. The van der Waals surface area contributed by atoms with Gasteiger partial charge in [0.2, 0.25) is 5.95 Å². The zero-order chi connectivity index (χ0) is 13.2. The molecule has 0 spiro atoms. The molecule has 1 aromatic heterocycles. The molecule has 98 valence electrons. The molecule has 0 atom stereocenters. The Labute approximate surface area is 114 Å². The van der Waals surface area contributed by atoms with Gasteiger partial charge in [-0.05, 0) is 18.3 Å². The Bertz CT molecular complexity index is 466. The van der Waals surface area contributed by atoms with Crippen LogP contribution < -0.4 is 5.73 Å². The molecular weight excluding hydrogens is 274 g/mol. The molecular formula is C11H14ClN3O2S. The number of ether oxygens (including phenoxy) is 1. The Balaban J connectivity index is 1.95. The number of thioether (sulfide) groups is 1. The van der Waals surface area contributed by atoms with E-state index in [1.807, 2.05) is 0 Å². The van der Waals surface area contributed by atoms with Crippen molar-refractivity contribution in [3.63, 3.8) is 0 Å². The lowest BCUT2D eigenvalue weighted by Crippen LogP contribution is -2.13. The van der Waals surface area contributed by atoms with Gasteiger partial charge in [-0.1, -0.05) is 11.6 Å². The molecule has 5 nitrogen and oxygen atoms in total. The first-order valence-electron chi connectivity index (χ1n) is 5.52. The Morgan fingerprint density at radius 3 is 3.00 bits per heavy atom. The van der Waals surface area contributed by atoms with Crippen molar-refractivity contribution < 1.29 is 9.53 Å². The molecule has 1 aliphatic carbocycles. The normalized spacial score (nSPS) is 16.3. The van der Waals surface area contributed by atoms with Crippen LogP contribution in [0.15, 0.2) is 11.2 Å². The number of carbonyl (C=O) groups excluding carboxylic acids is 1. The molecule has 1 heterocycles. The van der Waals surface area contributed by atoms with Gasteiger partial charge in [0.15, 0.2) is 0 Å². The van der Waals surface area contributed by atoms with Gasteiger partial charge in [-0.15, -0.1) is 11.8 Å². The number of nitrogens with zero attached hydrogens (tertiary/aromatic N) is 2. The summed E-state index contributed by atoms with van der Waals surface area (Å²) in [4.78, 5) is 19.2. The lowest BCUT2D eigenvalue weighted by Gasteiger charge is -2.13. The van der Waals surface area contributed by atoms with Crippen molar-refractivity contribution in [2.75, 3.05) is 18.6 Å². The number of aromatic nitrogens is 2. The number of hydrogen-bond donors (Lipinski definition) is 1. The number of methoxy groups -OCH3 is 1. The first-order chi connectivity index (χ1) is 8.54. The second-order valence-corrected chi connectivity index (χ2v) is 5.79. The second-order valence-electron chi connectivity index (χ2n) is 4.42. The van der Waals surface area contributed by atoms with E-state index in [0.29, 0.717) is 16.5 Å². The molecule has 0 unspecified atom stereocenters. The minimum atomic E-state index is -0.165. The lowest BCUT2D eigenvalue weighted by atomic mass is 10.1. The Morgan fingerprint density at radius 2 is 2.39 bits per heavy atom. The van der Waals surface area contributed by atoms with Crippen LogP contribution in [0.5, 0.6) is 0 Å². The van der Waals surface area contributed by atoms with Crippen molar-refractivity contribution in [2.24, 2.45) is 5.41 Å². The molecule has 0 saturated heterocycles. The molecule has 0 amide bonds. The number of rotatable bonds is 5.